The van der Waals surface area contributed by atoms with E-state index in [4.69, 9.17) is 14.2 Å². The first kappa shape index (κ1) is 20.1. The second kappa shape index (κ2) is 7.91. The Morgan fingerprint density at radius 1 is 0.967 bits per heavy atom. The summed E-state index contributed by atoms with van der Waals surface area (Å²) in [4.78, 5) is 39.7. The maximum absolute atomic E-state index is 13.3. The second-order valence-electron chi connectivity index (χ2n) is 7.24. The van der Waals surface area contributed by atoms with E-state index in [1.165, 1.54) is 0 Å². The molecule has 3 atom stereocenters. The first-order valence-electron chi connectivity index (χ1n) is 10.0. The number of fused-ring (bicyclic) bond motifs is 3. The van der Waals surface area contributed by atoms with Crippen LogP contribution in [0.2, 0.25) is 0 Å². The van der Waals surface area contributed by atoms with Gasteiger partial charge < -0.3 is 14.2 Å². The summed E-state index contributed by atoms with van der Waals surface area (Å²) >= 11 is 0. The molecule has 2 aliphatic heterocycles. The predicted octanol–water partition coefficient (Wildman–Crippen LogP) is 2.51. The molecule has 2 heterocycles. The summed E-state index contributed by atoms with van der Waals surface area (Å²) < 4.78 is 16.2. The zero-order valence-electron chi connectivity index (χ0n) is 16.8. The smallest absolute Gasteiger partial charge is 0.338 e. The van der Waals surface area contributed by atoms with E-state index in [0.717, 1.165) is 0 Å². The fourth-order valence-electron chi connectivity index (χ4n) is 4.50. The normalized spacial score (nSPS) is 23.7. The molecule has 0 spiro atoms. The molecule has 1 fully saturated rings. The number of hydrogen-bond acceptors (Lipinski definition) is 7. The Morgan fingerprint density at radius 2 is 1.57 bits per heavy atom. The fraction of sp³-hybridized carbons (Fsp3) is 0.348. The zero-order valence-corrected chi connectivity index (χ0v) is 16.8. The summed E-state index contributed by atoms with van der Waals surface area (Å²) in [5.74, 6) is -3.30. The molecule has 2 aromatic carbocycles. The van der Waals surface area contributed by atoms with Gasteiger partial charge in [-0.25, -0.2) is 9.59 Å². The highest BCUT2D eigenvalue weighted by atomic mass is 16.6. The lowest BCUT2D eigenvalue weighted by molar-refractivity contribution is -0.166. The van der Waals surface area contributed by atoms with E-state index in [2.05, 4.69) is 5.32 Å². The molecule has 2 aliphatic rings. The van der Waals surface area contributed by atoms with E-state index in [1.807, 2.05) is 18.2 Å². The Bertz CT molecular complexity index is 955. The summed E-state index contributed by atoms with van der Waals surface area (Å²) in [6.07, 6.45) is 0. The maximum atomic E-state index is 13.3. The average molecular weight is 409 g/mol. The van der Waals surface area contributed by atoms with Crippen LogP contribution in [0, 0.1) is 5.92 Å². The number of rotatable bonds is 5. The summed E-state index contributed by atoms with van der Waals surface area (Å²) in [6.45, 7) is 3.50. The van der Waals surface area contributed by atoms with Gasteiger partial charge in [0.1, 0.15) is 5.75 Å². The van der Waals surface area contributed by atoms with Crippen LogP contribution in [-0.4, -0.2) is 36.7 Å². The molecule has 4 rings (SSSR count). The standard InChI is InChI=1S/C23H23NO6/c1-3-28-21(26)23(22(27)29-4-2)18(14-10-6-5-7-11-14)17-19(24-23)15-12-8-9-13-16(15)30-20(17)25/h5-13,17-19,24H,3-4H2,1-2H3/t17-,18-,19-/m0/s1. The van der Waals surface area contributed by atoms with E-state index in [9.17, 15) is 14.4 Å². The number of carbonyl (C=O) groups excluding carboxylic acids is 3. The van der Waals surface area contributed by atoms with Crippen LogP contribution in [0.3, 0.4) is 0 Å². The van der Waals surface area contributed by atoms with Crippen molar-refractivity contribution in [1.29, 1.82) is 0 Å². The van der Waals surface area contributed by atoms with Gasteiger partial charge in [0.15, 0.2) is 0 Å². The van der Waals surface area contributed by atoms with Gasteiger partial charge in [0.25, 0.3) is 0 Å². The molecule has 0 bridgehead atoms. The Kier molecular flexibility index (Phi) is 5.30. The van der Waals surface area contributed by atoms with Crippen LogP contribution in [0.1, 0.15) is 36.9 Å². The van der Waals surface area contributed by atoms with Crippen molar-refractivity contribution < 1.29 is 28.6 Å². The minimum Gasteiger partial charge on any atom is -0.464 e. The Morgan fingerprint density at radius 3 is 2.20 bits per heavy atom. The lowest BCUT2D eigenvalue weighted by Crippen LogP contribution is -2.59. The van der Waals surface area contributed by atoms with Gasteiger partial charge in [-0.3, -0.25) is 10.1 Å². The van der Waals surface area contributed by atoms with E-state index >= 15 is 0 Å². The van der Waals surface area contributed by atoms with Crippen molar-refractivity contribution in [3.8, 4) is 5.75 Å². The van der Waals surface area contributed by atoms with Gasteiger partial charge in [0, 0.05) is 11.5 Å². The van der Waals surface area contributed by atoms with E-state index in [-0.39, 0.29) is 13.2 Å². The van der Waals surface area contributed by atoms with Gasteiger partial charge in [0.2, 0.25) is 5.54 Å². The lowest BCUT2D eigenvalue weighted by atomic mass is 9.73. The number of hydrogen-bond donors (Lipinski definition) is 1. The van der Waals surface area contributed by atoms with Crippen molar-refractivity contribution in [2.75, 3.05) is 13.2 Å². The number of para-hydroxylation sites is 1. The van der Waals surface area contributed by atoms with Crippen molar-refractivity contribution in [2.24, 2.45) is 5.92 Å². The van der Waals surface area contributed by atoms with Crippen molar-refractivity contribution in [1.82, 2.24) is 5.32 Å². The lowest BCUT2D eigenvalue weighted by Gasteiger charge is -2.32. The maximum Gasteiger partial charge on any atom is 0.338 e. The minimum absolute atomic E-state index is 0.0829. The van der Waals surface area contributed by atoms with Crippen LogP contribution in [-0.2, 0) is 23.9 Å². The van der Waals surface area contributed by atoms with Crippen LogP contribution >= 0.6 is 0 Å². The van der Waals surface area contributed by atoms with Gasteiger partial charge in [-0.05, 0) is 25.5 Å². The van der Waals surface area contributed by atoms with Gasteiger partial charge in [-0.1, -0.05) is 48.5 Å². The molecular weight excluding hydrogens is 386 g/mol. The molecule has 0 radical (unpaired) electrons. The predicted molar refractivity (Wildman–Crippen MR) is 107 cm³/mol. The number of esters is 3. The quantitative estimate of drug-likeness (QED) is 0.461. The summed E-state index contributed by atoms with van der Waals surface area (Å²) in [5.41, 5.74) is -0.521. The van der Waals surface area contributed by atoms with Crippen LogP contribution in [0.15, 0.2) is 54.6 Å². The van der Waals surface area contributed by atoms with E-state index < -0.39 is 41.3 Å². The first-order chi connectivity index (χ1) is 14.5. The SMILES string of the molecule is CCOC(=O)C1(C(=O)OCC)N[C@H]2c3ccccc3OC(=O)[C@H]2[C@@H]1c1ccccc1. The van der Waals surface area contributed by atoms with Gasteiger partial charge in [-0.15, -0.1) is 0 Å². The van der Waals surface area contributed by atoms with Crippen molar-refractivity contribution in [2.45, 2.75) is 31.3 Å². The van der Waals surface area contributed by atoms with Crippen LogP contribution in [0.5, 0.6) is 5.75 Å². The largest absolute Gasteiger partial charge is 0.464 e. The monoisotopic (exact) mass is 409 g/mol. The molecule has 7 heteroatoms. The fourth-order valence-corrected chi connectivity index (χ4v) is 4.50. The second-order valence-corrected chi connectivity index (χ2v) is 7.24. The minimum atomic E-state index is -1.88. The van der Waals surface area contributed by atoms with Gasteiger partial charge in [-0.2, -0.15) is 0 Å². The number of ether oxygens (including phenoxy) is 3. The van der Waals surface area contributed by atoms with Crippen molar-refractivity contribution in [3.63, 3.8) is 0 Å². The molecule has 1 N–H and O–H groups in total. The van der Waals surface area contributed by atoms with Crippen LogP contribution < -0.4 is 10.1 Å². The molecular formula is C23H23NO6. The van der Waals surface area contributed by atoms with E-state index in [1.54, 1.807) is 50.2 Å². The highest BCUT2D eigenvalue weighted by Crippen LogP contribution is 2.53. The topological polar surface area (TPSA) is 90.9 Å². The van der Waals surface area contributed by atoms with Gasteiger partial charge in [0.05, 0.1) is 25.2 Å². The molecule has 0 unspecified atom stereocenters. The Labute approximate surface area is 174 Å². The number of benzene rings is 2. The molecule has 7 nitrogen and oxygen atoms in total. The van der Waals surface area contributed by atoms with Crippen LogP contribution in [0.25, 0.3) is 0 Å². The van der Waals surface area contributed by atoms with E-state index in [0.29, 0.717) is 16.9 Å². The molecule has 30 heavy (non-hydrogen) atoms. The van der Waals surface area contributed by atoms with Crippen LogP contribution in [0.4, 0.5) is 0 Å². The highest BCUT2D eigenvalue weighted by molar-refractivity contribution is 6.08. The Hall–Kier alpha value is -3.19. The highest BCUT2D eigenvalue weighted by Gasteiger charge is 2.68. The van der Waals surface area contributed by atoms with Crippen molar-refractivity contribution in [3.05, 3.63) is 65.7 Å². The summed E-state index contributed by atoms with van der Waals surface area (Å²) in [7, 11) is 0. The molecule has 0 aromatic heterocycles. The number of carbonyl (C=O) groups is 3. The molecule has 0 saturated carbocycles. The third kappa shape index (κ3) is 2.97. The first-order valence-corrected chi connectivity index (χ1v) is 10.0. The number of nitrogens with one attached hydrogen (secondary N) is 1. The molecule has 156 valence electrons. The summed E-state index contributed by atoms with van der Waals surface area (Å²) in [6, 6.07) is 15.5. The summed E-state index contributed by atoms with van der Waals surface area (Å²) in [5, 5.41) is 3.16. The third-order valence-electron chi connectivity index (χ3n) is 5.66. The molecule has 0 aliphatic carbocycles. The molecule has 0 amide bonds. The average Bonchev–Trinajstić information content (AvgIpc) is 3.13. The molecule has 1 saturated heterocycles. The van der Waals surface area contributed by atoms with Crippen molar-refractivity contribution >= 4 is 17.9 Å². The zero-order chi connectivity index (χ0) is 21.3. The molecule has 2 aromatic rings. The van der Waals surface area contributed by atoms with Gasteiger partial charge >= 0.3 is 17.9 Å². The Balaban J connectivity index is 1.95. The third-order valence-corrected chi connectivity index (χ3v) is 5.66.